The SMILES string of the molecule is CCCCCCCC/C=C/CCCCCCCCCCCCCC(=O)NC(COP(=O)(O)OCC(O)COC(=O)CCCCCCCCC/C=C\CCCCCCCCC)C(=O)O. The summed E-state index contributed by atoms with van der Waals surface area (Å²) < 4.78 is 26.9. The second-order valence-electron chi connectivity index (χ2n) is 17.7. The Bertz CT molecular complexity index is 1160. The Kier molecular flexibility index (Phi) is 45.0. The van der Waals surface area contributed by atoms with Crippen molar-refractivity contribution in [2.24, 2.45) is 0 Å². The molecule has 0 saturated heterocycles. The average molecular weight is 914 g/mol. The van der Waals surface area contributed by atoms with Gasteiger partial charge in [0.2, 0.25) is 5.91 Å². The quantitative estimate of drug-likeness (QED) is 0.0199. The van der Waals surface area contributed by atoms with Crippen LogP contribution in [0.3, 0.4) is 0 Å². The van der Waals surface area contributed by atoms with Gasteiger partial charge in [-0.3, -0.25) is 18.6 Å². The van der Waals surface area contributed by atoms with E-state index in [1.165, 1.54) is 167 Å². The maximum Gasteiger partial charge on any atom is 0.472 e. The number of allylic oxidation sites excluding steroid dienone is 4. The number of aliphatic hydroxyl groups excluding tert-OH is 1. The van der Waals surface area contributed by atoms with Gasteiger partial charge >= 0.3 is 19.8 Å². The van der Waals surface area contributed by atoms with Crippen molar-refractivity contribution >= 4 is 25.7 Å². The first-order chi connectivity index (χ1) is 30.6. The number of aliphatic carboxylic acids is 1. The lowest BCUT2D eigenvalue weighted by atomic mass is 10.0. The molecule has 1 amide bonds. The van der Waals surface area contributed by atoms with Crippen molar-refractivity contribution in [2.45, 2.75) is 264 Å². The number of nitrogens with one attached hydrogen (secondary N) is 1. The summed E-state index contributed by atoms with van der Waals surface area (Å²) in [7, 11) is -4.76. The van der Waals surface area contributed by atoms with Crippen molar-refractivity contribution in [1.82, 2.24) is 5.32 Å². The first-order valence-corrected chi connectivity index (χ1v) is 27.4. The zero-order chi connectivity index (χ0) is 46.3. The fraction of sp³-hybridized carbons (Fsp3) is 0.863. The number of rotatable bonds is 49. The number of ether oxygens (including phenoxy) is 1. The number of hydrogen-bond acceptors (Lipinski definition) is 8. The predicted molar refractivity (Wildman–Crippen MR) is 259 cm³/mol. The molecule has 0 saturated carbocycles. The maximum absolute atomic E-state index is 12.4. The molecule has 0 bridgehead atoms. The molecule has 0 fully saturated rings. The molecular formula is C51H96NO10P. The minimum Gasteiger partial charge on any atom is -0.480 e. The van der Waals surface area contributed by atoms with E-state index < -0.39 is 57.6 Å². The number of unbranched alkanes of at least 4 members (excludes halogenated alkanes) is 31. The molecule has 0 radical (unpaired) electrons. The molecule has 4 N–H and O–H groups in total. The van der Waals surface area contributed by atoms with Crippen molar-refractivity contribution in [3.05, 3.63) is 24.3 Å². The Labute approximate surface area is 385 Å². The Hall–Kier alpha value is -2.04. The molecule has 0 aromatic rings. The molecule has 0 heterocycles. The molecule has 370 valence electrons. The fourth-order valence-electron chi connectivity index (χ4n) is 7.42. The summed E-state index contributed by atoms with van der Waals surface area (Å²) in [6, 6.07) is -1.55. The van der Waals surface area contributed by atoms with Gasteiger partial charge in [0.05, 0.1) is 13.2 Å². The first-order valence-electron chi connectivity index (χ1n) is 25.9. The third kappa shape index (κ3) is 46.3. The molecule has 0 spiro atoms. The van der Waals surface area contributed by atoms with Crippen LogP contribution in [0, 0.1) is 0 Å². The van der Waals surface area contributed by atoms with Crippen molar-refractivity contribution in [2.75, 3.05) is 19.8 Å². The molecule has 0 aliphatic carbocycles. The van der Waals surface area contributed by atoms with Crippen LogP contribution in [-0.2, 0) is 32.7 Å². The second-order valence-corrected chi connectivity index (χ2v) is 19.2. The number of carbonyl (C=O) groups excluding carboxylic acids is 2. The van der Waals surface area contributed by atoms with Crippen LogP contribution < -0.4 is 5.32 Å². The van der Waals surface area contributed by atoms with E-state index in [1.807, 2.05) is 0 Å². The highest BCUT2D eigenvalue weighted by Gasteiger charge is 2.28. The number of amides is 1. The molecule has 12 heteroatoms. The smallest absolute Gasteiger partial charge is 0.472 e. The van der Waals surface area contributed by atoms with E-state index in [-0.39, 0.29) is 12.8 Å². The number of phosphoric ester groups is 1. The van der Waals surface area contributed by atoms with E-state index in [0.29, 0.717) is 12.8 Å². The Balaban J connectivity index is 3.81. The van der Waals surface area contributed by atoms with Gasteiger partial charge in [-0.15, -0.1) is 0 Å². The van der Waals surface area contributed by atoms with Crippen LogP contribution in [0.4, 0.5) is 0 Å². The lowest BCUT2D eigenvalue weighted by Crippen LogP contribution is -2.43. The third-order valence-corrected chi connectivity index (χ3v) is 12.4. The van der Waals surface area contributed by atoms with Crippen LogP contribution in [0.15, 0.2) is 24.3 Å². The van der Waals surface area contributed by atoms with E-state index >= 15 is 0 Å². The number of carboxylic acid groups (broad SMARTS) is 1. The summed E-state index contributed by atoms with van der Waals surface area (Å²) in [5, 5.41) is 21.9. The van der Waals surface area contributed by atoms with Crippen molar-refractivity contribution < 1.29 is 47.8 Å². The number of phosphoric acid groups is 1. The average Bonchev–Trinajstić information content (AvgIpc) is 3.26. The van der Waals surface area contributed by atoms with Crippen LogP contribution in [0.25, 0.3) is 0 Å². The largest absolute Gasteiger partial charge is 0.480 e. The monoisotopic (exact) mass is 914 g/mol. The molecular weight excluding hydrogens is 818 g/mol. The number of hydrogen-bond donors (Lipinski definition) is 4. The topological polar surface area (TPSA) is 169 Å². The van der Waals surface area contributed by atoms with E-state index in [2.05, 4.69) is 43.5 Å². The van der Waals surface area contributed by atoms with E-state index in [4.69, 9.17) is 13.8 Å². The van der Waals surface area contributed by atoms with E-state index in [1.54, 1.807) is 0 Å². The van der Waals surface area contributed by atoms with Crippen molar-refractivity contribution in [3.63, 3.8) is 0 Å². The molecule has 3 unspecified atom stereocenters. The Morgan fingerprint density at radius 3 is 1.21 bits per heavy atom. The number of carboxylic acids is 1. The molecule has 11 nitrogen and oxygen atoms in total. The van der Waals surface area contributed by atoms with Gasteiger partial charge in [0.25, 0.3) is 0 Å². The van der Waals surface area contributed by atoms with E-state index in [0.717, 1.165) is 44.9 Å². The van der Waals surface area contributed by atoms with Gasteiger partial charge < -0.3 is 25.2 Å². The molecule has 0 aromatic heterocycles. The number of carbonyl (C=O) groups is 3. The maximum atomic E-state index is 12.4. The third-order valence-electron chi connectivity index (χ3n) is 11.5. The van der Waals surface area contributed by atoms with Gasteiger partial charge in [-0.05, 0) is 64.2 Å². The van der Waals surface area contributed by atoms with Crippen LogP contribution >= 0.6 is 7.82 Å². The van der Waals surface area contributed by atoms with Crippen LogP contribution in [0.5, 0.6) is 0 Å². The first kappa shape index (κ1) is 61.0. The molecule has 3 atom stereocenters. The highest BCUT2D eigenvalue weighted by atomic mass is 31.2. The lowest BCUT2D eigenvalue weighted by molar-refractivity contribution is -0.147. The second kappa shape index (κ2) is 46.5. The highest BCUT2D eigenvalue weighted by molar-refractivity contribution is 7.47. The summed E-state index contributed by atoms with van der Waals surface area (Å²) in [4.78, 5) is 46.1. The van der Waals surface area contributed by atoms with Gasteiger partial charge in [-0.1, -0.05) is 199 Å². The highest BCUT2D eigenvalue weighted by Crippen LogP contribution is 2.43. The zero-order valence-electron chi connectivity index (χ0n) is 40.4. The van der Waals surface area contributed by atoms with Crippen LogP contribution in [0.1, 0.15) is 251 Å². The number of esters is 1. The molecule has 63 heavy (non-hydrogen) atoms. The lowest BCUT2D eigenvalue weighted by Gasteiger charge is -2.18. The summed E-state index contributed by atoms with van der Waals surface area (Å²) in [6.07, 6.45) is 50.5. The van der Waals surface area contributed by atoms with Gasteiger partial charge in [0.15, 0.2) is 6.04 Å². The molecule has 0 aromatic carbocycles. The van der Waals surface area contributed by atoms with E-state index in [9.17, 15) is 34.1 Å². The minimum atomic E-state index is -4.76. The predicted octanol–water partition coefficient (Wildman–Crippen LogP) is 14.2. The minimum absolute atomic E-state index is 0.147. The summed E-state index contributed by atoms with van der Waals surface area (Å²) in [5.74, 6) is -2.36. The van der Waals surface area contributed by atoms with Crippen molar-refractivity contribution in [1.29, 1.82) is 0 Å². The summed E-state index contributed by atoms with van der Waals surface area (Å²) in [6.45, 7) is 2.62. The van der Waals surface area contributed by atoms with Crippen molar-refractivity contribution in [3.8, 4) is 0 Å². The number of aliphatic hydroxyl groups is 1. The van der Waals surface area contributed by atoms with Gasteiger partial charge in [0, 0.05) is 12.8 Å². The van der Waals surface area contributed by atoms with Gasteiger partial charge in [0.1, 0.15) is 12.7 Å². The van der Waals surface area contributed by atoms with Crippen LogP contribution in [0.2, 0.25) is 0 Å². The van der Waals surface area contributed by atoms with Gasteiger partial charge in [-0.25, -0.2) is 9.36 Å². The van der Waals surface area contributed by atoms with Gasteiger partial charge in [-0.2, -0.15) is 0 Å². The standard InChI is InChI=1S/C51H96NO10P/c1-3-5-7-9-11-13-15-17-19-21-23-24-25-26-28-30-32-34-36-38-40-42-49(54)52-48(51(56)57)46-62-63(58,59)61-45-47(53)44-60-50(55)43-41-39-37-35-33-31-29-27-22-20-18-16-14-12-10-8-6-4-2/h17,19-20,22,47-48,53H,3-16,18,21,23-46H2,1-2H3,(H,52,54)(H,56,57)(H,58,59)/b19-17+,22-20-. The summed E-state index contributed by atoms with van der Waals surface area (Å²) in [5.41, 5.74) is 0. The normalized spacial score (nSPS) is 13.7. The summed E-state index contributed by atoms with van der Waals surface area (Å²) >= 11 is 0. The Morgan fingerprint density at radius 2 is 0.825 bits per heavy atom. The molecule has 0 rings (SSSR count). The Morgan fingerprint density at radius 1 is 0.492 bits per heavy atom. The fourth-order valence-corrected chi connectivity index (χ4v) is 8.20. The molecule has 0 aliphatic rings. The van der Waals surface area contributed by atoms with Crippen LogP contribution in [-0.4, -0.2) is 64.9 Å². The zero-order valence-corrected chi connectivity index (χ0v) is 41.3. The molecule has 0 aliphatic heterocycles.